The second kappa shape index (κ2) is 6.39. The predicted molar refractivity (Wildman–Crippen MR) is 87.8 cm³/mol. The Bertz CT molecular complexity index is 744. The fourth-order valence-electron chi connectivity index (χ4n) is 2.98. The van der Waals surface area contributed by atoms with Crippen molar-refractivity contribution in [3.8, 4) is 0 Å². The summed E-state index contributed by atoms with van der Waals surface area (Å²) in [5, 5.41) is 5.92. The minimum atomic E-state index is -0.417. The van der Waals surface area contributed by atoms with E-state index in [4.69, 9.17) is 11.6 Å². The Morgan fingerprint density at radius 1 is 1.35 bits per heavy atom. The number of halogens is 2. The van der Waals surface area contributed by atoms with Gasteiger partial charge < -0.3 is 5.32 Å². The highest BCUT2D eigenvalue weighted by atomic mass is 35.5. The van der Waals surface area contributed by atoms with Crippen LogP contribution in [0.15, 0.2) is 24.3 Å². The topological polar surface area (TPSA) is 57.3 Å². The largest absolute Gasteiger partial charge is 0.309 e. The van der Waals surface area contributed by atoms with Crippen molar-refractivity contribution >= 4 is 28.4 Å². The number of carbonyl (C=O) groups excluding carboxylic acids is 1. The standard InChI is InChI=1S/C16H18ClFN4O/c1-9-7-22(8-10(2)19-9)21-16(23)13-6-15(17)20-14-4-3-11(18)5-12(13)14/h3-6,9-10,19H,7-8H2,1-2H3,(H,21,23)/t9-,10+. The predicted octanol–water partition coefficient (Wildman–Crippen LogP) is 2.35. The molecule has 1 aliphatic rings. The van der Waals surface area contributed by atoms with Gasteiger partial charge in [0.05, 0.1) is 11.1 Å². The monoisotopic (exact) mass is 336 g/mol. The van der Waals surface area contributed by atoms with Gasteiger partial charge in [0.1, 0.15) is 11.0 Å². The normalized spacial score (nSPS) is 22.3. The van der Waals surface area contributed by atoms with Crippen molar-refractivity contribution in [2.75, 3.05) is 13.1 Å². The third kappa shape index (κ3) is 3.60. The van der Waals surface area contributed by atoms with Crippen LogP contribution in [0.2, 0.25) is 5.15 Å². The number of fused-ring (bicyclic) bond motifs is 1. The first-order valence-corrected chi connectivity index (χ1v) is 7.88. The number of rotatable bonds is 2. The van der Waals surface area contributed by atoms with E-state index >= 15 is 0 Å². The molecule has 2 aromatic rings. The summed E-state index contributed by atoms with van der Waals surface area (Å²) in [6, 6.07) is 6.13. The summed E-state index contributed by atoms with van der Waals surface area (Å²) in [7, 11) is 0. The molecule has 2 heterocycles. The number of pyridine rings is 1. The zero-order valence-electron chi connectivity index (χ0n) is 12.9. The van der Waals surface area contributed by atoms with Gasteiger partial charge in [-0.3, -0.25) is 10.2 Å². The van der Waals surface area contributed by atoms with Crippen LogP contribution in [-0.4, -0.2) is 41.1 Å². The number of hydrogen-bond donors (Lipinski definition) is 2. The van der Waals surface area contributed by atoms with Crippen molar-refractivity contribution in [3.05, 3.63) is 40.8 Å². The van der Waals surface area contributed by atoms with Gasteiger partial charge in [-0.15, -0.1) is 0 Å². The maximum Gasteiger partial charge on any atom is 0.266 e. The molecule has 1 aromatic carbocycles. The molecule has 2 N–H and O–H groups in total. The lowest BCUT2D eigenvalue weighted by atomic mass is 10.1. The van der Waals surface area contributed by atoms with E-state index in [1.54, 1.807) is 0 Å². The Morgan fingerprint density at radius 2 is 2.04 bits per heavy atom. The van der Waals surface area contributed by atoms with Gasteiger partial charge in [0.15, 0.2) is 0 Å². The molecule has 3 rings (SSSR count). The summed E-state index contributed by atoms with van der Waals surface area (Å²) in [5.41, 5.74) is 3.69. The minimum absolute atomic E-state index is 0.205. The van der Waals surface area contributed by atoms with Crippen molar-refractivity contribution in [1.29, 1.82) is 0 Å². The first-order valence-electron chi connectivity index (χ1n) is 7.50. The molecule has 0 bridgehead atoms. The highest BCUT2D eigenvalue weighted by molar-refractivity contribution is 6.30. The molecule has 1 aliphatic heterocycles. The Kier molecular flexibility index (Phi) is 4.48. The second-order valence-corrected chi connectivity index (χ2v) is 6.36. The molecule has 7 heteroatoms. The van der Waals surface area contributed by atoms with Crippen LogP contribution in [0.1, 0.15) is 24.2 Å². The van der Waals surface area contributed by atoms with Crippen molar-refractivity contribution in [2.45, 2.75) is 25.9 Å². The first-order chi connectivity index (χ1) is 10.9. The molecule has 1 aromatic heterocycles. The maximum atomic E-state index is 13.5. The number of hydrogen-bond acceptors (Lipinski definition) is 4. The van der Waals surface area contributed by atoms with Crippen LogP contribution in [0.3, 0.4) is 0 Å². The minimum Gasteiger partial charge on any atom is -0.309 e. The molecule has 2 atom stereocenters. The summed E-state index contributed by atoms with van der Waals surface area (Å²) in [5.74, 6) is -0.730. The number of nitrogens with one attached hydrogen (secondary N) is 2. The number of amides is 1. The van der Waals surface area contributed by atoms with Crippen molar-refractivity contribution in [1.82, 2.24) is 20.7 Å². The number of hydrazine groups is 1. The van der Waals surface area contributed by atoms with Crippen molar-refractivity contribution in [2.24, 2.45) is 0 Å². The van der Waals surface area contributed by atoms with Gasteiger partial charge in [0.2, 0.25) is 0 Å². The zero-order valence-corrected chi connectivity index (χ0v) is 13.7. The lowest BCUT2D eigenvalue weighted by Crippen LogP contribution is -2.59. The first kappa shape index (κ1) is 16.1. The smallest absolute Gasteiger partial charge is 0.266 e. The maximum absolute atomic E-state index is 13.5. The lowest BCUT2D eigenvalue weighted by Gasteiger charge is -2.36. The van der Waals surface area contributed by atoms with E-state index in [9.17, 15) is 9.18 Å². The second-order valence-electron chi connectivity index (χ2n) is 5.97. The molecule has 0 aliphatic carbocycles. The number of nitrogens with zero attached hydrogens (tertiary/aromatic N) is 2. The molecular formula is C16H18ClFN4O. The molecule has 23 heavy (non-hydrogen) atoms. The zero-order chi connectivity index (χ0) is 16.6. The van der Waals surface area contributed by atoms with Crippen LogP contribution < -0.4 is 10.7 Å². The molecule has 0 radical (unpaired) electrons. The Morgan fingerprint density at radius 3 is 2.74 bits per heavy atom. The Balaban J connectivity index is 1.90. The average molecular weight is 337 g/mol. The SMILES string of the molecule is C[C@@H]1CN(NC(=O)c2cc(Cl)nc3ccc(F)cc23)C[C@H](C)N1. The number of benzene rings is 1. The fourth-order valence-corrected chi connectivity index (χ4v) is 3.18. The van der Waals surface area contributed by atoms with Gasteiger partial charge in [-0.1, -0.05) is 11.6 Å². The molecule has 0 unspecified atom stereocenters. The number of aromatic nitrogens is 1. The van der Waals surface area contributed by atoms with Crippen LogP contribution in [0.4, 0.5) is 4.39 Å². The van der Waals surface area contributed by atoms with Gasteiger partial charge in [-0.2, -0.15) is 0 Å². The number of piperazine rings is 1. The van der Waals surface area contributed by atoms with Gasteiger partial charge in [0.25, 0.3) is 5.91 Å². The third-order valence-electron chi connectivity index (χ3n) is 3.80. The van der Waals surface area contributed by atoms with E-state index in [2.05, 4.69) is 29.6 Å². The van der Waals surface area contributed by atoms with Gasteiger partial charge in [0, 0.05) is 30.6 Å². The molecular weight excluding hydrogens is 319 g/mol. The van der Waals surface area contributed by atoms with Crippen LogP contribution >= 0.6 is 11.6 Å². The van der Waals surface area contributed by atoms with E-state index in [1.165, 1.54) is 24.3 Å². The van der Waals surface area contributed by atoms with Crippen LogP contribution in [0, 0.1) is 5.82 Å². The molecule has 122 valence electrons. The Hall–Kier alpha value is -1.76. The van der Waals surface area contributed by atoms with Crippen LogP contribution in [-0.2, 0) is 0 Å². The van der Waals surface area contributed by atoms with Crippen LogP contribution in [0.25, 0.3) is 10.9 Å². The van der Waals surface area contributed by atoms with E-state index in [0.717, 1.165) is 0 Å². The molecule has 1 saturated heterocycles. The van der Waals surface area contributed by atoms with Crippen molar-refractivity contribution < 1.29 is 9.18 Å². The molecule has 1 amide bonds. The van der Waals surface area contributed by atoms with E-state index in [0.29, 0.717) is 29.6 Å². The van der Waals surface area contributed by atoms with Gasteiger partial charge in [-0.25, -0.2) is 14.4 Å². The highest BCUT2D eigenvalue weighted by Gasteiger charge is 2.23. The summed E-state index contributed by atoms with van der Waals surface area (Å²) in [6.07, 6.45) is 0. The highest BCUT2D eigenvalue weighted by Crippen LogP contribution is 2.22. The average Bonchev–Trinajstić information content (AvgIpc) is 2.45. The molecule has 1 fully saturated rings. The molecule has 5 nitrogen and oxygen atoms in total. The summed E-state index contributed by atoms with van der Waals surface area (Å²) < 4.78 is 13.5. The summed E-state index contributed by atoms with van der Waals surface area (Å²) >= 11 is 5.99. The van der Waals surface area contributed by atoms with Crippen LogP contribution in [0.5, 0.6) is 0 Å². The molecule has 0 saturated carbocycles. The quantitative estimate of drug-likeness (QED) is 0.827. The van der Waals surface area contributed by atoms with Gasteiger partial charge >= 0.3 is 0 Å². The third-order valence-corrected chi connectivity index (χ3v) is 3.99. The fraction of sp³-hybridized carbons (Fsp3) is 0.375. The van der Waals surface area contributed by atoms with Gasteiger partial charge in [-0.05, 0) is 38.1 Å². The lowest BCUT2D eigenvalue weighted by molar-refractivity contribution is 0.0683. The number of carbonyl (C=O) groups is 1. The Labute approximate surface area is 138 Å². The van der Waals surface area contributed by atoms with E-state index in [-0.39, 0.29) is 23.1 Å². The summed E-state index contributed by atoms with van der Waals surface area (Å²) in [4.78, 5) is 16.7. The van der Waals surface area contributed by atoms with E-state index in [1.807, 2.05) is 5.01 Å². The molecule has 0 spiro atoms. The van der Waals surface area contributed by atoms with Crippen molar-refractivity contribution in [3.63, 3.8) is 0 Å². The summed E-state index contributed by atoms with van der Waals surface area (Å²) in [6.45, 7) is 5.51. The van der Waals surface area contributed by atoms with E-state index < -0.39 is 5.82 Å².